The third kappa shape index (κ3) is 4.65. The minimum atomic E-state index is -4.61. The third-order valence-electron chi connectivity index (χ3n) is 3.08. The molecule has 0 bridgehead atoms. The Morgan fingerprint density at radius 1 is 1.36 bits per heavy atom. The lowest BCUT2D eigenvalue weighted by Crippen LogP contribution is -2.37. The molecule has 7 heteroatoms. The number of hydrogen-bond donors (Lipinski definition) is 1. The van der Waals surface area contributed by atoms with Crippen LogP contribution in [0, 0.1) is 11.3 Å². The summed E-state index contributed by atoms with van der Waals surface area (Å²) in [7, 11) is 0. The van der Waals surface area contributed by atoms with Gasteiger partial charge in [-0.2, -0.15) is 18.4 Å². The number of carbonyl (C=O) groups is 1. The Hall–Kier alpha value is -2.23. The Morgan fingerprint density at radius 2 is 2.05 bits per heavy atom. The van der Waals surface area contributed by atoms with Gasteiger partial charge >= 0.3 is 6.18 Å². The van der Waals surface area contributed by atoms with Crippen molar-refractivity contribution in [3.8, 4) is 6.07 Å². The maximum atomic E-state index is 13.0. The van der Waals surface area contributed by atoms with Gasteiger partial charge in [0.05, 0.1) is 23.7 Å². The zero-order valence-electron chi connectivity index (χ0n) is 12.5. The SMILES string of the molecule is CCCNC(=O)CN(CC)c1ccc(C#N)c(C(F)(F)F)c1. The summed E-state index contributed by atoms with van der Waals surface area (Å²) in [6, 6.07) is 5.00. The summed E-state index contributed by atoms with van der Waals surface area (Å²) >= 11 is 0. The Kier molecular flexibility index (Phi) is 6.23. The van der Waals surface area contributed by atoms with Crippen LogP contribution in [-0.2, 0) is 11.0 Å². The van der Waals surface area contributed by atoms with Gasteiger partial charge in [-0.25, -0.2) is 0 Å². The fourth-order valence-corrected chi connectivity index (χ4v) is 1.94. The molecule has 0 saturated heterocycles. The fourth-order valence-electron chi connectivity index (χ4n) is 1.94. The number of anilines is 1. The van der Waals surface area contributed by atoms with Crippen molar-refractivity contribution >= 4 is 11.6 Å². The van der Waals surface area contributed by atoms with Crippen LogP contribution in [0.5, 0.6) is 0 Å². The van der Waals surface area contributed by atoms with Gasteiger partial charge in [0.1, 0.15) is 0 Å². The van der Waals surface area contributed by atoms with Crippen molar-refractivity contribution in [2.24, 2.45) is 0 Å². The summed E-state index contributed by atoms with van der Waals surface area (Å²) in [6.07, 6.45) is -3.82. The zero-order chi connectivity index (χ0) is 16.8. The monoisotopic (exact) mass is 313 g/mol. The Bertz CT molecular complexity index is 564. The fraction of sp³-hybridized carbons (Fsp3) is 0.467. The number of nitriles is 1. The van der Waals surface area contributed by atoms with E-state index in [1.807, 2.05) is 6.92 Å². The molecule has 1 aromatic carbocycles. The van der Waals surface area contributed by atoms with Crippen LogP contribution in [0.25, 0.3) is 0 Å². The molecule has 0 heterocycles. The molecule has 22 heavy (non-hydrogen) atoms. The Balaban J connectivity index is 3.03. The van der Waals surface area contributed by atoms with Gasteiger partial charge < -0.3 is 10.2 Å². The van der Waals surface area contributed by atoms with Gasteiger partial charge in [-0.05, 0) is 31.5 Å². The molecule has 0 saturated carbocycles. The van der Waals surface area contributed by atoms with Crippen molar-refractivity contribution in [3.63, 3.8) is 0 Å². The molecular formula is C15H18F3N3O. The van der Waals surface area contributed by atoms with Crippen LogP contribution in [0.3, 0.4) is 0 Å². The van der Waals surface area contributed by atoms with E-state index in [0.29, 0.717) is 13.1 Å². The lowest BCUT2D eigenvalue weighted by atomic mass is 10.1. The van der Waals surface area contributed by atoms with E-state index >= 15 is 0 Å². The summed E-state index contributed by atoms with van der Waals surface area (Å²) in [5.74, 6) is -0.249. The predicted octanol–water partition coefficient (Wildman–Crippen LogP) is 2.93. The number of nitrogens with zero attached hydrogens (tertiary/aromatic N) is 2. The molecule has 0 fully saturated rings. The molecule has 0 spiro atoms. The summed E-state index contributed by atoms with van der Waals surface area (Å²) in [6.45, 7) is 4.53. The van der Waals surface area contributed by atoms with E-state index in [1.165, 1.54) is 17.0 Å². The summed E-state index contributed by atoms with van der Waals surface area (Å²) in [4.78, 5) is 13.3. The van der Waals surface area contributed by atoms with Gasteiger partial charge in [0.15, 0.2) is 0 Å². The van der Waals surface area contributed by atoms with Crippen LogP contribution in [0.15, 0.2) is 18.2 Å². The van der Waals surface area contributed by atoms with Gasteiger partial charge in [-0.3, -0.25) is 4.79 Å². The predicted molar refractivity (Wildman–Crippen MR) is 77.3 cm³/mol. The third-order valence-corrected chi connectivity index (χ3v) is 3.08. The topological polar surface area (TPSA) is 56.1 Å². The van der Waals surface area contributed by atoms with Crippen molar-refractivity contribution in [1.82, 2.24) is 5.32 Å². The highest BCUT2D eigenvalue weighted by Crippen LogP contribution is 2.34. The highest BCUT2D eigenvalue weighted by molar-refractivity contribution is 5.81. The number of nitrogens with one attached hydrogen (secondary N) is 1. The van der Waals surface area contributed by atoms with Crippen LogP contribution >= 0.6 is 0 Å². The molecule has 0 unspecified atom stereocenters. The highest BCUT2D eigenvalue weighted by Gasteiger charge is 2.34. The van der Waals surface area contributed by atoms with Crippen molar-refractivity contribution in [1.29, 1.82) is 5.26 Å². The maximum Gasteiger partial charge on any atom is 0.417 e. The van der Waals surface area contributed by atoms with E-state index < -0.39 is 17.3 Å². The molecule has 0 aliphatic rings. The first-order valence-electron chi connectivity index (χ1n) is 6.96. The normalized spacial score (nSPS) is 10.9. The number of likely N-dealkylation sites (N-methyl/N-ethyl adjacent to an activating group) is 1. The van der Waals surface area contributed by atoms with Gasteiger partial charge in [0, 0.05) is 18.8 Å². The molecule has 120 valence electrons. The van der Waals surface area contributed by atoms with Crippen molar-refractivity contribution in [3.05, 3.63) is 29.3 Å². The van der Waals surface area contributed by atoms with E-state index in [0.717, 1.165) is 18.6 Å². The van der Waals surface area contributed by atoms with Crippen LogP contribution in [0.2, 0.25) is 0 Å². The molecule has 1 amide bonds. The van der Waals surface area contributed by atoms with E-state index in [2.05, 4.69) is 5.32 Å². The maximum absolute atomic E-state index is 13.0. The largest absolute Gasteiger partial charge is 0.417 e. The van der Waals surface area contributed by atoms with Crippen molar-refractivity contribution in [2.75, 3.05) is 24.5 Å². The van der Waals surface area contributed by atoms with Gasteiger partial charge in [-0.1, -0.05) is 6.92 Å². The second kappa shape index (κ2) is 7.69. The van der Waals surface area contributed by atoms with Crippen molar-refractivity contribution < 1.29 is 18.0 Å². The summed E-state index contributed by atoms with van der Waals surface area (Å²) < 4.78 is 38.9. The number of alkyl halides is 3. The lowest BCUT2D eigenvalue weighted by Gasteiger charge is -2.23. The van der Waals surface area contributed by atoms with Gasteiger partial charge in [0.2, 0.25) is 5.91 Å². The minimum absolute atomic E-state index is 0.0281. The number of halogens is 3. The molecule has 0 atom stereocenters. The number of carbonyl (C=O) groups excluding carboxylic acids is 1. The number of benzene rings is 1. The molecule has 0 aromatic heterocycles. The second-order valence-electron chi connectivity index (χ2n) is 4.70. The van der Waals surface area contributed by atoms with Gasteiger partial charge in [0.25, 0.3) is 0 Å². The van der Waals surface area contributed by atoms with E-state index in [-0.39, 0.29) is 18.1 Å². The van der Waals surface area contributed by atoms with Crippen LogP contribution in [0.4, 0.5) is 18.9 Å². The average Bonchev–Trinajstić information content (AvgIpc) is 2.49. The smallest absolute Gasteiger partial charge is 0.362 e. The van der Waals surface area contributed by atoms with Crippen molar-refractivity contribution in [2.45, 2.75) is 26.4 Å². The number of rotatable bonds is 6. The first kappa shape index (κ1) is 17.8. The molecule has 0 radical (unpaired) electrons. The summed E-state index contributed by atoms with van der Waals surface area (Å²) in [5.41, 5.74) is -1.15. The van der Waals surface area contributed by atoms with E-state index in [4.69, 9.17) is 5.26 Å². The molecule has 1 N–H and O–H groups in total. The average molecular weight is 313 g/mol. The molecule has 4 nitrogen and oxygen atoms in total. The second-order valence-corrected chi connectivity index (χ2v) is 4.70. The molecule has 0 aliphatic heterocycles. The lowest BCUT2D eigenvalue weighted by molar-refractivity contribution is -0.137. The summed E-state index contributed by atoms with van der Waals surface area (Å²) in [5, 5.41) is 11.5. The van der Waals surface area contributed by atoms with Crippen LogP contribution in [0.1, 0.15) is 31.4 Å². The highest BCUT2D eigenvalue weighted by atomic mass is 19.4. The van der Waals surface area contributed by atoms with Crippen LogP contribution in [-0.4, -0.2) is 25.5 Å². The quantitative estimate of drug-likeness (QED) is 0.878. The Morgan fingerprint density at radius 3 is 2.55 bits per heavy atom. The van der Waals surface area contributed by atoms with E-state index in [9.17, 15) is 18.0 Å². The van der Waals surface area contributed by atoms with Crippen LogP contribution < -0.4 is 10.2 Å². The zero-order valence-corrected chi connectivity index (χ0v) is 12.5. The molecular weight excluding hydrogens is 295 g/mol. The molecule has 1 rings (SSSR count). The first-order chi connectivity index (χ1) is 10.3. The van der Waals surface area contributed by atoms with E-state index in [1.54, 1.807) is 6.92 Å². The standard InChI is InChI=1S/C15H18F3N3O/c1-3-7-20-14(22)10-21(4-2)12-6-5-11(9-19)13(8-12)15(16,17)18/h5-6,8H,3-4,7,10H2,1-2H3,(H,20,22). The first-order valence-corrected chi connectivity index (χ1v) is 6.96. The Labute approximate surface area is 127 Å². The van der Waals surface area contributed by atoms with Gasteiger partial charge in [-0.15, -0.1) is 0 Å². The number of hydrogen-bond acceptors (Lipinski definition) is 3. The number of amides is 1. The molecule has 1 aromatic rings. The minimum Gasteiger partial charge on any atom is -0.362 e. The molecule has 0 aliphatic carbocycles.